The molecule has 0 atom stereocenters. The normalized spacial score (nSPS) is 10.7. The predicted octanol–water partition coefficient (Wildman–Crippen LogP) is 3.03. The zero-order valence-electron chi connectivity index (χ0n) is 11.1. The van der Waals surface area contributed by atoms with Gasteiger partial charge in [0.05, 0.1) is 22.0 Å². The van der Waals surface area contributed by atoms with E-state index in [2.05, 4.69) is 15.0 Å². The van der Waals surface area contributed by atoms with Crippen LogP contribution in [-0.2, 0) is 6.54 Å². The Morgan fingerprint density at radius 2 is 2.05 bits per heavy atom. The molecule has 0 unspecified atom stereocenters. The minimum absolute atomic E-state index is 0.446. The van der Waals surface area contributed by atoms with Gasteiger partial charge in [0.25, 0.3) is 0 Å². The van der Waals surface area contributed by atoms with Gasteiger partial charge >= 0.3 is 0 Å². The fourth-order valence-corrected chi connectivity index (χ4v) is 2.99. The van der Waals surface area contributed by atoms with Gasteiger partial charge in [-0.25, -0.2) is 4.98 Å². The fraction of sp³-hybridized carbons (Fsp3) is 0.133. The van der Waals surface area contributed by atoms with Crippen molar-refractivity contribution < 1.29 is 0 Å². The van der Waals surface area contributed by atoms with Crippen LogP contribution in [0.4, 0.5) is 0 Å². The number of aromatic nitrogens is 3. The summed E-state index contributed by atoms with van der Waals surface area (Å²) in [6.45, 7) is 2.45. The Bertz CT molecular complexity index is 722. The highest BCUT2D eigenvalue weighted by Crippen LogP contribution is 2.33. The molecular formula is C15H14N4S. The molecule has 20 heavy (non-hydrogen) atoms. The van der Waals surface area contributed by atoms with Crippen molar-refractivity contribution in [2.24, 2.45) is 5.73 Å². The van der Waals surface area contributed by atoms with E-state index in [9.17, 15) is 0 Å². The molecule has 0 aromatic carbocycles. The Kier molecular flexibility index (Phi) is 3.54. The Morgan fingerprint density at radius 3 is 2.80 bits per heavy atom. The second kappa shape index (κ2) is 5.48. The first-order chi connectivity index (χ1) is 9.78. The largest absolute Gasteiger partial charge is 0.325 e. The summed E-state index contributed by atoms with van der Waals surface area (Å²) >= 11 is 1.63. The van der Waals surface area contributed by atoms with Crippen LogP contribution in [0.15, 0.2) is 42.7 Å². The maximum absolute atomic E-state index is 5.65. The zero-order valence-corrected chi connectivity index (χ0v) is 11.9. The monoisotopic (exact) mass is 282 g/mol. The van der Waals surface area contributed by atoms with Gasteiger partial charge in [0, 0.05) is 24.5 Å². The third-order valence-corrected chi connectivity index (χ3v) is 4.18. The molecular weight excluding hydrogens is 268 g/mol. The van der Waals surface area contributed by atoms with E-state index in [1.165, 1.54) is 0 Å². The van der Waals surface area contributed by atoms with Gasteiger partial charge in [0.15, 0.2) is 0 Å². The molecule has 0 aliphatic heterocycles. The van der Waals surface area contributed by atoms with Gasteiger partial charge in [0.2, 0.25) is 0 Å². The molecule has 5 heteroatoms. The molecule has 3 rings (SSSR count). The smallest absolute Gasteiger partial charge is 0.125 e. The average Bonchev–Trinajstić information content (AvgIpc) is 2.90. The van der Waals surface area contributed by atoms with E-state index in [0.29, 0.717) is 6.54 Å². The molecule has 2 N–H and O–H groups in total. The minimum Gasteiger partial charge on any atom is -0.325 e. The van der Waals surface area contributed by atoms with Crippen LogP contribution < -0.4 is 5.73 Å². The van der Waals surface area contributed by atoms with Crippen molar-refractivity contribution >= 4 is 11.3 Å². The number of nitrogens with two attached hydrogens (primary N) is 1. The van der Waals surface area contributed by atoms with Gasteiger partial charge in [-0.3, -0.25) is 9.97 Å². The first-order valence-corrected chi connectivity index (χ1v) is 7.14. The number of aryl methyl sites for hydroxylation is 1. The van der Waals surface area contributed by atoms with E-state index in [0.717, 1.165) is 32.5 Å². The van der Waals surface area contributed by atoms with E-state index in [1.807, 2.05) is 43.5 Å². The number of pyridine rings is 2. The van der Waals surface area contributed by atoms with Crippen LogP contribution in [-0.4, -0.2) is 15.0 Å². The van der Waals surface area contributed by atoms with Gasteiger partial charge in [-0.15, -0.1) is 11.3 Å². The molecule has 4 nitrogen and oxygen atoms in total. The van der Waals surface area contributed by atoms with Crippen molar-refractivity contribution in [1.82, 2.24) is 15.0 Å². The number of rotatable bonds is 3. The lowest BCUT2D eigenvalue weighted by Crippen LogP contribution is -1.99. The van der Waals surface area contributed by atoms with Crippen LogP contribution in [0.25, 0.3) is 21.1 Å². The molecule has 0 aliphatic carbocycles. The van der Waals surface area contributed by atoms with E-state index >= 15 is 0 Å². The standard InChI is InChI=1S/C15H14N4S/c1-10-14(13-6-2-5-12(8-16)19-13)20-15(18-10)11-4-3-7-17-9-11/h2-7,9H,8,16H2,1H3. The quantitative estimate of drug-likeness (QED) is 0.802. The number of hydrogen-bond donors (Lipinski definition) is 1. The molecule has 3 aromatic heterocycles. The maximum Gasteiger partial charge on any atom is 0.125 e. The van der Waals surface area contributed by atoms with Crippen LogP contribution in [0, 0.1) is 6.92 Å². The lowest BCUT2D eigenvalue weighted by molar-refractivity contribution is 0.994. The number of hydrogen-bond acceptors (Lipinski definition) is 5. The molecule has 3 aromatic rings. The zero-order chi connectivity index (χ0) is 13.9. The molecule has 0 radical (unpaired) electrons. The Hall–Kier alpha value is -2.11. The Morgan fingerprint density at radius 1 is 1.15 bits per heavy atom. The summed E-state index contributed by atoms with van der Waals surface area (Å²) < 4.78 is 0. The second-order valence-corrected chi connectivity index (χ2v) is 5.39. The van der Waals surface area contributed by atoms with Crippen LogP contribution in [0.3, 0.4) is 0 Å². The van der Waals surface area contributed by atoms with E-state index < -0.39 is 0 Å². The highest BCUT2D eigenvalue weighted by atomic mass is 32.1. The highest BCUT2D eigenvalue weighted by molar-refractivity contribution is 7.18. The van der Waals surface area contributed by atoms with Gasteiger partial charge < -0.3 is 5.73 Å². The average molecular weight is 282 g/mol. The predicted molar refractivity (Wildman–Crippen MR) is 81.2 cm³/mol. The van der Waals surface area contributed by atoms with Crippen molar-refractivity contribution in [3.05, 3.63) is 54.1 Å². The summed E-state index contributed by atoms with van der Waals surface area (Å²) in [5, 5.41) is 0.963. The Balaban J connectivity index is 2.05. The fourth-order valence-electron chi connectivity index (χ4n) is 1.97. The molecule has 0 bridgehead atoms. The van der Waals surface area contributed by atoms with Crippen molar-refractivity contribution in [2.45, 2.75) is 13.5 Å². The number of nitrogens with zero attached hydrogens (tertiary/aromatic N) is 3. The van der Waals surface area contributed by atoms with Crippen LogP contribution in [0.1, 0.15) is 11.4 Å². The van der Waals surface area contributed by atoms with Gasteiger partial charge in [-0.1, -0.05) is 6.07 Å². The topological polar surface area (TPSA) is 64.7 Å². The molecule has 0 amide bonds. The van der Waals surface area contributed by atoms with Crippen molar-refractivity contribution in [3.8, 4) is 21.1 Å². The molecule has 100 valence electrons. The van der Waals surface area contributed by atoms with Crippen LogP contribution >= 0.6 is 11.3 Å². The first-order valence-electron chi connectivity index (χ1n) is 6.32. The van der Waals surface area contributed by atoms with Crippen LogP contribution in [0.2, 0.25) is 0 Å². The summed E-state index contributed by atoms with van der Waals surface area (Å²) in [5.74, 6) is 0. The van der Waals surface area contributed by atoms with Crippen LogP contribution in [0.5, 0.6) is 0 Å². The summed E-state index contributed by atoms with van der Waals surface area (Å²) in [4.78, 5) is 14.4. The summed E-state index contributed by atoms with van der Waals surface area (Å²) in [6, 6.07) is 9.83. The third-order valence-electron chi connectivity index (χ3n) is 2.95. The highest BCUT2D eigenvalue weighted by Gasteiger charge is 2.12. The van der Waals surface area contributed by atoms with Gasteiger partial charge in [-0.05, 0) is 31.2 Å². The number of thiazole rings is 1. The third kappa shape index (κ3) is 2.45. The molecule has 0 saturated heterocycles. The lowest BCUT2D eigenvalue weighted by atomic mass is 10.2. The SMILES string of the molecule is Cc1nc(-c2cccnc2)sc1-c1cccc(CN)n1. The summed E-state index contributed by atoms with van der Waals surface area (Å²) in [5.41, 5.74) is 9.48. The molecule has 0 aliphatic rings. The molecule has 0 fully saturated rings. The van der Waals surface area contributed by atoms with Crippen molar-refractivity contribution in [2.75, 3.05) is 0 Å². The van der Waals surface area contributed by atoms with E-state index in [4.69, 9.17) is 5.73 Å². The summed E-state index contributed by atoms with van der Waals surface area (Å²) in [7, 11) is 0. The maximum atomic E-state index is 5.65. The van der Waals surface area contributed by atoms with E-state index in [1.54, 1.807) is 17.5 Å². The van der Waals surface area contributed by atoms with Gasteiger partial charge in [-0.2, -0.15) is 0 Å². The second-order valence-electron chi connectivity index (χ2n) is 4.39. The Labute approximate surface area is 121 Å². The molecule has 0 spiro atoms. The summed E-state index contributed by atoms with van der Waals surface area (Å²) in [6.07, 6.45) is 3.59. The first kappa shape index (κ1) is 12.9. The molecule has 0 saturated carbocycles. The minimum atomic E-state index is 0.446. The van der Waals surface area contributed by atoms with Crippen molar-refractivity contribution in [1.29, 1.82) is 0 Å². The van der Waals surface area contributed by atoms with Gasteiger partial charge in [0.1, 0.15) is 5.01 Å². The van der Waals surface area contributed by atoms with E-state index in [-0.39, 0.29) is 0 Å². The molecule has 3 heterocycles. The van der Waals surface area contributed by atoms with Crippen molar-refractivity contribution in [3.63, 3.8) is 0 Å². The lowest BCUT2D eigenvalue weighted by Gasteiger charge is -2.00.